The highest BCUT2D eigenvalue weighted by molar-refractivity contribution is 7.89. The van der Waals surface area contributed by atoms with Gasteiger partial charge in [-0.2, -0.15) is 4.31 Å². The molecule has 0 unspecified atom stereocenters. The summed E-state index contributed by atoms with van der Waals surface area (Å²) >= 11 is 0. The lowest BCUT2D eigenvalue weighted by molar-refractivity contribution is -0.120. The van der Waals surface area contributed by atoms with Gasteiger partial charge in [0.1, 0.15) is 5.69 Å². The van der Waals surface area contributed by atoms with Crippen molar-refractivity contribution in [3.63, 3.8) is 0 Å². The third-order valence-electron chi connectivity index (χ3n) is 5.95. The number of halogens is 2. The molecule has 1 amide bonds. The number of rotatable bonds is 6. The van der Waals surface area contributed by atoms with Gasteiger partial charge in [0.25, 0.3) is 0 Å². The third kappa shape index (κ3) is 5.49. The standard InChI is InChI=1S/C25H25F2N3O4S/c1-16-3-5-18(6-4-16)7-10-23-24(17(2)29-34-23)35(32,33)30-13-11-19(12-14-30)25(31)28-20-8-9-21(26)22(27)15-20/h3-10,15,19H,11-14H2,1-2H3,(H,28,31). The van der Waals surface area contributed by atoms with Gasteiger partial charge in [-0.25, -0.2) is 17.2 Å². The number of carbonyl (C=O) groups is 1. The molecule has 0 radical (unpaired) electrons. The summed E-state index contributed by atoms with van der Waals surface area (Å²) in [5.74, 6) is -2.74. The van der Waals surface area contributed by atoms with Crippen molar-refractivity contribution in [2.24, 2.45) is 5.92 Å². The molecule has 0 bridgehead atoms. The minimum atomic E-state index is -3.91. The molecular weight excluding hydrogens is 476 g/mol. The highest BCUT2D eigenvalue weighted by Gasteiger charge is 2.36. The van der Waals surface area contributed by atoms with Gasteiger partial charge in [0.15, 0.2) is 22.3 Å². The van der Waals surface area contributed by atoms with E-state index < -0.39 is 27.6 Å². The predicted molar refractivity (Wildman–Crippen MR) is 128 cm³/mol. The summed E-state index contributed by atoms with van der Waals surface area (Å²) in [6.45, 7) is 3.81. The summed E-state index contributed by atoms with van der Waals surface area (Å²) in [5, 5.41) is 6.42. The van der Waals surface area contributed by atoms with Gasteiger partial charge in [0.05, 0.1) is 0 Å². The summed E-state index contributed by atoms with van der Waals surface area (Å²) in [6.07, 6.45) is 3.91. The first-order valence-electron chi connectivity index (χ1n) is 11.1. The van der Waals surface area contributed by atoms with Gasteiger partial charge in [-0.3, -0.25) is 4.79 Å². The molecule has 1 saturated heterocycles. The number of piperidine rings is 1. The Morgan fingerprint density at radius 2 is 1.74 bits per heavy atom. The van der Waals surface area contributed by atoms with E-state index in [4.69, 9.17) is 4.52 Å². The maximum absolute atomic E-state index is 13.4. The maximum atomic E-state index is 13.4. The molecule has 10 heteroatoms. The van der Waals surface area contributed by atoms with Crippen molar-refractivity contribution in [3.8, 4) is 0 Å². The number of nitrogens with one attached hydrogen (secondary N) is 1. The highest BCUT2D eigenvalue weighted by atomic mass is 32.2. The van der Waals surface area contributed by atoms with E-state index in [9.17, 15) is 22.0 Å². The molecule has 2 aromatic carbocycles. The van der Waals surface area contributed by atoms with E-state index in [2.05, 4.69) is 10.5 Å². The number of hydrogen-bond acceptors (Lipinski definition) is 5. The van der Waals surface area contributed by atoms with E-state index in [1.165, 1.54) is 10.4 Å². The Balaban J connectivity index is 1.44. The fourth-order valence-corrected chi connectivity index (χ4v) is 5.67. The first-order valence-corrected chi connectivity index (χ1v) is 12.6. The van der Waals surface area contributed by atoms with Gasteiger partial charge in [0.2, 0.25) is 15.9 Å². The van der Waals surface area contributed by atoms with Crippen molar-refractivity contribution in [2.45, 2.75) is 31.6 Å². The topological polar surface area (TPSA) is 92.5 Å². The number of aromatic nitrogens is 1. The second-order valence-corrected chi connectivity index (χ2v) is 10.4. The van der Waals surface area contributed by atoms with Gasteiger partial charge in [-0.1, -0.05) is 41.1 Å². The zero-order chi connectivity index (χ0) is 25.2. The number of benzene rings is 2. The molecule has 2 heterocycles. The normalized spacial score (nSPS) is 15.5. The van der Waals surface area contributed by atoms with E-state index in [1.54, 1.807) is 19.1 Å². The molecule has 4 rings (SSSR count). The molecule has 1 aromatic heterocycles. The van der Waals surface area contributed by atoms with Gasteiger partial charge in [-0.15, -0.1) is 0 Å². The molecule has 1 aliphatic heterocycles. The third-order valence-corrected chi connectivity index (χ3v) is 8.01. The predicted octanol–water partition coefficient (Wildman–Crippen LogP) is 4.78. The number of nitrogens with zero attached hydrogens (tertiary/aromatic N) is 2. The second-order valence-electron chi connectivity index (χ2n) is 8.50. The lowest BCUT2D eigenvalue weighted by Gasteiger charge is -2.30. The lowest BCUT2D eigenvalue weighted by atomic mass is 9.97. The van der Waals surface area contributed by atoms with E-state index >= 15 is 0 Å². The summed E-state index contributed by atoms with van der Waals surface area (Å²) in [7, 11) is -3.91. The second kappa shape index (κ2) is 10.1. The average Bonchev–Trinajstić information content (AvgIpc) is 3.22. The van der Waals surface area contributed by atoms with E-state index in [0.29, 0.717) is 0 Å². The minimum Gasteiger partial charge on any atom is -0.355 e. The van der Waals surface area contributed by atoms with Crippen LogP contribution in [0.2, 0.25) is 0 Å². The number of aryl methyl sites for hydroxylation is 2. The zero-order valence-electron chi connectivity index (χ0n) is 19.3. The average molecular weight is 502 g/mol. The molecule has 1 fully saturated rings. The van der Waals surface area contributed by atoms with Crippen LogP contribution in [0, 0.1) is 31.4 Å². The number of carbonyl (C=O) groups excluding carboxylic acids is 1. The molecule has 1 aliphatic rings. The quantitative estimate of drug-likeness (QED) is 0.525. The van der Waals surface area contributed by atoms with Crippen molar-refractivity contribution in [3.05, 3.63) is 76.7 Å². The summed E-state index contributed by atoms with van der Waals surface area (Å²) in [5.41, 5.74) is 2.41. The fourth-order valence-electron chi connectivity index (χ4n) is 3.95. The fraction of sp³-hybridized carbons (Fsp3) is 0.280. The molecule has 0 atom stereocenters. The zero-order valence-corrected chi connectivity index (χ0v) is 20.1. The molecule has 1 N–H and O–H groups in total. The van der Waals surface area contributed by atoms with E-state index in [1.807, 2.05) is 31.2 Å². The lowest BCUT2D eigenvalue weighted by Crippen LogP contribution is -2.41. The molecule has 184 valence electrons. The Kier molecular flexibility index (Phi) is 7.13. The van der Waals surface area contributed by atoms with Crippen LogP contribution in [-0.4, -0.2) is 36.9 Å². The highest BCUT2D eigenvalue weighted by Crippen LogP contribution is 2.30. The Morgan fingerprint density at radius 1 is 1.06 bits per heavy atom. The molecule has 0 saturated carbocycles. The SMILES string of the molecule is Cc1ccc(C=Cc2onc(C)c2S(=O)(=O)N2CCC(C(=O)Nc3ccc(F)c(F)c3)CC2)cc1. The van der Waals surface area contributed by atoms with Crippen molar-refractivity contribution in [2.75, 3.05) is 18.4 Å². The molecule has 3 aromatic rings. The van der Waals surface area contributed by atoms with Crippen LogP contribution in [0.15, 0.2) is 51.9 Å². The van der Waals surface area contributed by atoms with Crippen LogP contribution in [0.25, 0.3) is 12.2 Å². The van der Waals surface area contributed by atoms with Gasteiger partial charge in [0, 0.05) is 30.8 Å². The summed E-state index contributed by atoms with van der Waals surface area (Å²) < 4.78 is 59.9. The van der Waals surface area contributed by atoms with Crippen molar-refractivity contribution in [1.29, 1.82) is 0 Å². The van der Waals surface area contributed by atoms with Crippen LogP contribution in [0.1, 0.15) is 35.4 Å². The van der Waals surface area contributed by atoms with Crippen LogP contribution >= 0.6 is 0 Å². The molecule has 0 aliphatic carbocycles. The smallest absolute Gasteiger partial charge is 0.248 e. The van der Waals surface area contributed by atoms with Crippen LogP contribution in [0.4, 0.5) is 14.5 Å². The summed E-state index contributed by atoms with van der Waals surface area (Å²) in [6, 6.07) is 10.9. The molecule has 0 spiro atoms. The van der Waals surface area contributed by atoms with Crippen LogP contribution in [-0.2, 0) is 14.8 Å². The molecule has 7 nitrogen and oxygen atoms in total. The molecular formula is C25H25F2N3O4S. The van der Waals surface area contributed by atoms with Gasteiger partial charge in [-0.05, 0) is 50.5 Å². The summed E-state index contributed by atoms with van der Waals surface area (Å²) in [4.78, 5) is 12.6. The minimum absolute atomic E-state index is 0.00514. The number of anilines is 1. The Hall–Kier alpha value is -3.37. The monoisotopic (exact) mass is 501 g/mol. The van der Waals surface area contributed by atoms with Crippen LogP contribution in [0.5, 0.6) is 0 Å². The number of amides is 1. The Bertz CT molecular complexity index is 1360. The largest absolute Gasteiger partial charge is 0.355 e. The maximum Gasteiger partial charge on any atom is 0.248 e. The van der Waals surface area contributed by atoms with E-state index in [0.717, 1.165) is 23.3 Å². The van der Waals surface area contributed by atoms with Crippen molar-refractivity contribution in [1.82, 2.24) is 9.46 Å². The Labute approximate surface area is 202 Å². The number of sulfonamides is 1. The first kappa shape index (κ1) is 24.7. The first-order chi connectivity index (χ1) is 16.6. The molecule has 35 heavy (non-hydrogen) atoms. The van der Waals surface area contributed by atoms with Crippen molar-refractivity contribution < 1.29 is 26.5 Å². The van der Waals surface area contributed by atoms with Gasteiger partial charge < -0.3 is 9.84 Å². The van der Waals surface area contributed by atoms with Crippen molar-refractivity contribution >= 4 is 33.8 Å². The van der Waals surface area contributed by atoms with Gasteiger partial charge >= 0.3 is 0 Å². The van der Waals surface area contributed by atoms with Crippen LogP contribution < -0.4 is 5.32 Å². The number of hydrogen-bond donors (Lipinski definition) is 1. The Morgan fingerprint density at radius 3 is 2.40 bits per heavy atom. The van der Waals surface area contributed by atoms with E-state index in [-0.39, 0.29) is 53.9 Å². The van der Waals surface area contributed by atoms with Crippen LogP contribution in [0.3, 0.4) is 0 Å².